The van der Waals surface area contributed by atoms with Gasteiger partial charge in [-0.05, 0) is 12.3 Å². The predicted molar refractivity (Wildman–Crippen MR) is 74.3 cm³/mol. The summed E-state index contributed by atoms with van der Waals surface area (Å²) in [5, 5.41) is 18.5. The Bertz CT molecular complexity index is 588. The minimum Gasteiger partial charge on any atom is -0.395 e. The number of carbonyl (C=O) groups is 1. The lowest BCUT2D eigenvalue weighted by molar-refractivity contribution is 0.102. The van der Waals surface area contributed by atoms with E-state index < -0.39 is 0 Å². The van der Waals surface area contributed by atoms with Gasteiger partial charge in [-0.25, -0.2) is 0 Å². The molecule has 0 aliphatic rings. The minimum atomic E-state index is -0.376. The number of nitrogens with one attached hydrogen (secondary N) is 2. The number of carbonyl (C=O) groups excluding carboxylic acids is 1. The summed E-state index contributed by atoms with van der Waals surface area (Å²) in [6, 6.07) is 0. The maximum absolute atomic E-state index is 12.0. The molecule has 4 N–H and O–H groups in total. The molecule has 2 rings (SSSR count). The van der Waals surface area contributed by atoms with Crippen LogP contribution in [0.15, 0.2) is 0 Å². The van der Waals surface area contributed by atoms with Crippen molar-refractivity contribution >= 4 is 28.1 Å². The number of H-pyrrole nitrogens is 1. The smallest absolute Gasteiger partial charge is 0.280 e. The number of anilines is 2. The molecule has 0 aliphatic carbocycles. The zero-order valence-corrected chi connectivity index (χ0v) is 11.8. The van der Waals surface area contributed by atoms with Crippen molar-refractivity contribution in [1.82, 2.24) is 20.4 Å². The van der Waals surface area contributed by atoms with Crippen LogP contribution in [0.4, 0.5) is 10.8 Å². The number of nitrogen functional groups attached to an aromatic ring is 1. The van der Waals surface area contributed by atoms with Crippen LogP contribution in [0, 0.1) is 0 Å². The van der Waals surface area contributed by atoms with E-state index in [0.717, 1.165) is 17.1 Å². The van der Waals surface area contributed by atoms with Crippen molar-refractivity contribution in [2.24, 2.45) is 0 Å². The number of hydrogen-bond acceptors (Lipinski definition) is 6. The molecule has 1 amide bonds. The number of aryl methyl sites for hydroxylation is 1. The first-order valence-electron chi connectivity index (χ1n) is 6.00. The van der Waals surface area contributed by atoms with Gasteiger partial charge in [-0.2, -0.15) is 5.10 Å². The van der Waals surface area contributed by atoms with E-state index in [0.29, 0.717) is 10.8 Å². The number of amides is 1. The first-order valence-corrected chi connectivity index (χ1v) is 6.82. The van der Waals surface area contributed by atoms with Crippen LogP contribution < -0.4 is 11.1 Å². The molecule has 19 heavy (non-hydrogen) atoms. The summed E-state index contributed by atoms with van der Waals surface area (Å²) in [5.74, 6) is -0.193. The van der Waals surface area contributed by atoms with Crippen LogP contribution in [0.5, 0.6) is 0 Å². The maximum Gasteiger partial charge on any atom is 0.280 e. The lowest BCUT2D eigenvalue weighted by Crippen LogP contribution is -2.14. The summed E-state index contributed by atoms with van der Waals surface area (Å²) in [5.41, 5.74) is 7.24. The molecule has 0 aliphatic heterocycles. The number of nitrogens with zero attached hydrogens (tertiary/aromatic N) is 3. The molecule has 2 heterocycles. The van der Waals surface area contributed by atoms with Crippen LogP contribution in [0.25, 0.3) is 0 Å². The van der Waals surface area contributed by atoms with Crippen molar-refractivity contribution in [3.8, 4) is 0 Å². The molecule has 0 radical (unpaired) electrons. The Hall–Kier alpha value is -1.96. The van der Waals surface area contributed by atoms with Gasteiger partial charge in [0.15, 0.2) is 5.69 Å². The van der Waals surface area contributed by atoms with Gasteiger partial charge in [0, 0.05) is 0 Å². The first-order chi connectivity index (χ1) is 9.02. The van der Waals surface area contributed by atoms with Crippen molar-refractivity contribution in [3.63, 3.8) is 0 Å². The summed E-state index contributed by atoms with van der Waals surface area (Å²) in [6.45, 7) is 5.93. The zero-order valence-electron chi connectivity index (χ0n) is 11.0. The molecule has 0 spiro atoms. The van der Waals surface area contributed by atoms with E-state index in [2.05, 4.69) is 25.7 Å². The van der Waals surface area contributed by atoms with E-state index in [1.807, 2.05) is 20.8 Å². The molecule has 2 aromatic heterocycles. The van der Waals surface area contributed by atoms with Gasteiger partial charge in [0.2, 0.25) is 5.13 Å². The number of aromatic amines is 1. The van der Waals surface area contributed by atoms with Gasteiger partial charge in [-0.15, -0.1) is 10.2 Å². The molecular weight excluding hydrogens is 264 g/mol. The third-order valence-electron chi connectivity index (χ3n) is 2.62. The van der Waals surface area contributed by atoms with Crippen molar-refractivity contribution in [2.75, 3.05) is 11.1 Å². The highest BCUT2D eigenvalue weighted by Gasteiger charge is 2.19. The number of hydrogen-bond donors (Lipinski definition) is 3. The van der Waals surface area contributed by atoms with Gasteiger partial charge in [-0.1, -0.05) is 32.1 Å². The highest BCUT2D eigenvalue weighted by Crippen LogP contribution is 2.23. The Morgan fingerprint density at radius 3 is 2.74 bits per heavy atom. The Morgan fingerprint density at radius 2 is 2.21 bits per heavy atom. The summed E-state index contributed by atoms with van der Waals surface area (Å²) in [7, 11) is 0. The normalized spacial score (nSPS) is 10.9. The molecule has 0 bridgehead atoms. The van der Waals surface area contributed by atoms with Crippen LogP contribution in [-0.2, 0) is 6.42 Å². The molecule has 0 saturated heterocycles. The fourth-order valence-corrected chi connectivity index (χ4v) is 2.26. The zero-order chi connectivity index (χ0) is 14.0. The van der Waals surface area contributed by atoms with Gasteiger partial charge < -0.3 is 5.73 Å². The number of nitrogens with two attached hydrogens (primary N) is 1. The van der Waals surface area contributed by atoms with E-state index in [-0.39, 0.29) is 17.5 Å². The van der Waals surface area contributed by atoms with E-state index in [4.69, 9.17) is 5.73 Å². The third kappa shape index (κ3) is 2.73. The summed E-state index contributed by atoms with van der Waals surface area (Å²) in [6.07, 6.45) is 0.787. The average molecular weight is 280 g/mol. The predicted octanol–water partition coefficient (Wildman–Crippen LogP) is 1.78. The molecule has 0 atom stereocenters. The van der Waals surface area contributed by atoms with Gasteiger partial charge in [0.05, 0.1) is 11.4 Å². The number of rotatable bonds is 4. The van der Waals surface area contributed by atoms with Gasteiger partial charge in [0.25, 0.3) is 5.91 Å². The van der Waals surface area contributed by atoms with Crippen LogP contribution in [0.1, 0.15) is 47.9 Å². The van der Waals surface area contributed by atoms with Gasteiger partial charge in [-0.3, -0.25) is 15.2 Å². The molecular formula is C11H16N6OS. The maximum atomic E-state index is 12.0. The second-order valence-electron chi connectivity index (χ2n) is 4.36. The fourth-order valence-electron chi connectivity index (χ4n) is 1.58. The highest BCUT2D eigenvalue weighted by atomic mass is 32.1. The van der Waals surface area contributed by atoms with E-state index in [9.17, 15) is 4.79 Å². The molecule has 8 heteroatoms. The standard InChI is InChI=1S/C11H16N6OS/c1-4-6-14-17-11(19-6)13-10(18)9-7(12)8(5(2)3)15-16-9/h5H,4,12H2,1-3H3,(H,15,16)(H,13,17,18). The Morgan fingerprint density at radius 1 is 1.47 bits per heavy atom. The second kappa shape index (κ2) is 5.35. The van der Waals surface area contributed by atoms with E-state index in [1.54, 1.807) is 0 Å². The Balaban J connectivity index is 2.16. The third-order valence-corrected chi connectivity index (χ3v) is 3.60. The van der Waals surface area contributed by atoms with Crippen LogP contribution in [-0.4, -0.2) is 26.3 Å². The van der Waals surface area contributed by atoms with Crippen molar-refractivity contribution < 1.29 is 4.79 Å². The van der Waals surface area contributed by atoms with Crippen LogP contribution in [0.3, 0.4) is 0 Å². The van der Waals surface area contributed by atoms with E-state index >= 15 is 0 Å². The topological polar surface area (TPSA) is 110 Å². The minimum absolute atomic E-state index is 0.183. The van der Waals surface area contributed by atoms with Crippen molar-refractivity contribution in [2.45, 2.75) is 33.1 Å². The van der Waals surface area contributed by atoms with Crippen LogP contribution >= 0.6 is 11.3 Å². The molecule has 2 aromatic rings. The molecule has 0 unspecified atom stereocenters. The van der Waals surface area contributed by atoms with Crippen molar-refractivity contribution in [3.05, 3.63) is 16.4 Å². The first kappa shape index (κ1) is 13.5. The number of aromatic nitrogens is 4. The average Bonchev–Trinajstić information content (AvgIpc) is 2.95. The lowest BCUT2D eigenvalue weighted by atomic mass is 10.1. The van der Waals surface area contributed by atoms with E-state index in [1.165, 1.54) is 11.3 Å². The molecule has 7 nitrogen and oxygen atoms in total. The van der Waals surface area contributed by atoms with Crippen molar-refractivity contribution in [1.29, 1.82) is 0 Å². The monoisotopic (exact) mass is 280 g/mol. The van der Waals surface area contributed by atoms with Gasteiger partial charge in [0.1, 0.15) is 5.01 Å². The van der Waals surface area contributed by atoms with Gasteiger partial charge >= 0.3 is 0 Å². The quantitative estimate of drug-likeness (QED) is 0.790. The second-order valence-corrected chi connectivity index (χ2v) is 5.42. The molecule has 102 valence electrons. The molecule has 0 saturated carbocycles. The largest absolute Gasteiger partial charge is 0.395 e. The Labute approximate surface area is 114 Å². The Kier molecular flexibility index (Phi) is 3.79. The SMILES string of the molecule is CCc1nnc(NC(=O)c2n[nH]c(C(C)C)c2N)s1. The summed E-state index contributed by atoms with van der Waals surface area (Å²) >= 11 is 1.34. The summed E-state index contributed by atoms with van der Waals surface area (Å²) in [4.78, 5) is 12.0. The highest BCUT2D eigenvalue weighted by molar-refractivity contribution is 7.15. The lowest BCUT2D eigenvalue weighted by Gasteiger charge is -2.02. The fraction of sp³-hybridized carbons (Fsp3) is 0.455. The van der Waals surface area contributed by atoms with Crippen LogP contribution in [0.2, 0.25) is 0 Å². The summed E-state index contributed by atoms with van der Waals surface area (Å²) < 4.78 is 0. The molecule has 0 aromatic carbocycles. The molecule has 0 fully saturated rings.